The van der Waals surface area contributed by atoms with Crippen LogP contribution in [0.1, 0.15) is 36.2 Å². The van der Waals surface area contributed by atoms with Crippen molar-refractivity contribution in [1.82, 2.24) is 15.6 Å². The number of fused-ring (bicyclic) bond motifs is 3. The highest BCUT2D eigenvalue weighted by Gasteiger charge is 2.34. The number of nitrogens with one attached hydrogen (secondary N) is 2. The Hall–Kier alpha value is -2.18. The molecule has 2 aliphatic rings. The standard InChI is InChI=1S/C19H19N3O2S/c23-18(21-13-9-11-5-6-12(10-13)20-11)15-7-8-16(24-15)19-22-14-3-1-2-4-17(14)25-19/h1-4,7-8,11-13,20H,5-6,9-10H2,(H,21,23). The Bertz CT molecular complexity index is 887. The van der Waals surface area contributed by atoms with E-state index in [1.54, 1.807) is 17.4 Å². The molecule has 2 atom stereocenters. The van der Waals surface area contributed by atoms with Crippen molar-refractivity contribution in [3.63, 3.8) is 0 Å². The van der Waals surface area contributed by atoms with Crippen molar-refractivity contribution in [1.29, 1.82) is 0 Å². The monoisotopic (exact) mass is 353 g/mol. The van der Waals surface area contributed by atoms with Crippen LogP contribution < -0.4 is 10.6 Å². The number of piperidine rings is 1. The minimum absolute atomic E-state index is 0.126. The fourth-order valence-electron chi connectivity index (χ4n) is 3.98. The molecule has 1 amide bonds. The van der Waals surface area contributed by atoms with Gasteiger partial charge in [-0.1, -0.05) is 12.1 Å². The Kier molecular flexibility index (Phi) is 3.60. The quantitative estimate of drug-likeness (QED) is 0.755. The molecule has 2 N–H and O–H groups in total. The van der Waals surface area contributed by atoms with E-state index in [-0.39, 0.29) is 11.9 Å². The number of amides is 1. The summed E-state index contributed by atoms with van der Waals surface area (Å²) in [7, 11) is 0. The number of hydrogen-bond donors (Lipinski definition) is 2. The number of carbonyl (C=O) groups is 1. The van der Waals surface area contributed by atoms with Gasteiger partial charge in [0.1, 0.15) is 0 Å². The fraction of sp³-hybridized carbons (Fsp3) is 0.368. The molecule has 2 aliphatic heterocycles. The molecule has 0 spiro atoms. The molecule has 6 heteroatoms. The summed E-state index contributed by atoms with van der Waals surface area (Å²) in [5, 5.41) is 7.53. The van der Waals surface area contributed by atoms with Crippen LogP contribution in [0.4, 0.5) is 0 Å². The third-order valence-electron chi connectivity index (χ3n) is 5.14. The summed E-state index contributed by atoms with van der Waals surface area (Å²) in [5.41, 5.74) is 0.954. The maximum absolute atomic E-state index is 12.5. The van der Waals surface area contributed by atoms with Crippen molar-refractivity contribution < 1.29 is 9.21 Å². The van der Waals surface area contributed by atoms with Crippen LogP contribution in [0.15, 0.2) is 40.8 Å². The summed E-state index contributed by atoms with van der Waals surface area (Å²) in [5.74, 6) is 0.885. The number of para-hydroxylation sites is 1. The van der Waals surface area contributed by atoms with Gasteiger partial charge in [-0.15, -0.1) is 11.3 Å². The largest absolute Gasteiger partial charge is 0.448 e. The minimum atomic E-state index is -0.126. The number of aromatic nitrogens is 1. The molecule has 5 rings (SSSR count). The normalized spacial score (nSPS) is 25.4. The number of thiazole rings is 1. The van der Waals surface area contributed by atoms with E-state index in [1.165, 1.54) is 12.8 Å². The zero-order chi connectivity index (χ0) is 16.8. The van der Waals surface area contributed by atoms with Crippen LogP contribution in [0.2, 0.25) is 0 Å². The molecule has 2 aromatic heterocycles. The number of rotatable bonds is 3. The average Bonchev–Trinajstić information content (AvgIpc) is 3.32. The number of benzene rings is 1. The van der Waals surface area contributed by atoms with Crippen molar-refractivity contribution in [3.05, 3.63) is 42.2 Å². The van der Waals surface area contributed by atoms with Gasteiger partial charge in [0.25, 0.3) is 5.91 Å². The van der Waals surface area contributed by atoms with Crippen LogP contribution >= 0.6 is 11.3 Å². The van der Waals surface area contributed by atoms with Gasteiger partial charge in [0.2, 0.25) is 0 Å². The first kappa shape index (κ1) is 15.1. The zero-order valence-electron chi connectivity index (χ0n) is 13.7. The second kappa shape index (κ2) is 5.97. The molecule has 0 saturated carbocycles. The number of nitrogens with zero attached hydrogens (tertiary/aromatic N) is 1. The van der Waals surface area contributed by atoms with Crippen LogP contribution in [0.5, 0.6) is 0 Å². The summed E-state index contributed by atoms with van der Waals surface area (Å²) >= 11 is 1.58. The lowest BCUT2D eigenvalue weighted by Gasteiger charge is -2.29. The van der Waals surface area contributed by atoms with Crippen molar-refractivity contribution in [2.75, 3.05) is 0 Å². The van der Waals surface area contributed by atoms with Crippen LogP contribution in [-0.4, -0.2) is 29.0 Å². The van der Waals surface area contributed by atoms with Crippen molar-refractivity contribution in [2.45, 2.75) is 43.8 Å². The Morgan fingerprint density at radius 1 is 1.16 bits per heavy atom. The van der Waals surface area contributed by atoms with Gasteiger partial charge in [-0.3, -0.25) is 4.79 Å². The molecule has 5 nitrogen and oxygen atoms in total. The second-order valence-electron chi connectivity index (χ2n) is 6.93. The molecular formula is C19H19N3O2S. The molecule has 3 aromatic rings. The van der Waals surface area contributed by atoms with E-state index >= 15 is 0 Å². The van der Waals surface area contributed by atoms with E-state index in [0.29, 0.717) is 23.6 Å². The molecule has 128 valence electrons. The molecule has 4 heterocycles. The lowest BCUT2D eigenvalue weighted by molar-refractivity contribution is 0.0896. The summed E-state index contributed by atoms with van der Waals surface area (Å²) in [6, 6.07) is 12.9. The lowest BCUT2D eigenvalue weighted by atomic mass is 10.00. The van der Waals surface area contributed by atoms with E-state index in [9.17, 15) is 4.79 Å². The molecule has 0 radical (unpaired) electrons. The van der Waals surface area contributed by atoms with Crippen molar-refractivity contribution in [2.24, 2.45) is 0 Å². The Morgan fingerprint density at radius 3 is 2.76 bits per heavy atom. The van der Waals surface area contributed by atoms with Gasteiger partial charge in [0, 0.05) is 18.1 Å². The molecule has 25 heavy (non-hydrogen) atoms. The summed E-state index contributed by atoms with van der Waals surface area (Å²) < 4.78 is 6.91. The van der Waals surface area contributed by atoms with Crippen molar-refractivity contribution in [3.8, 4) is 10.8 Å². The third-order valence-corrected chi connectivity index (χ3v) is 6.19. The first-order chi connectivity index (χ1) is 12.2. The third kappa shape index (κ3) is 2.85. The van der Waals surface area contributed by atoms with E-state index in [0.717, 1.165) is 28.1 Å². The molecule has 0 aliphatic carbocycles. The first-order valence-electron chi connectivity index (χ1n) is 8.77. The zero-order valence-corrected chi connectivity index (χ0v) is 14.5. The van der Waals surface area contributed by atoms with Gasteiger partial charge in [-0.05, 0) is 49.9 Å². The fourth-order valence-corrected chi connectivity index (χ4v) is 4.91. The van der Waals surface area contributed by atoms with Gasteiger partial charge in [0.15, 0.2) is 16.5 Å². The highest BCUT2D eigenvalue weighted by atomic mass is 32.1. The van der Waals surface area contributed by atoms with E-state index in [1.807, 2.05) is 30.3 Å². The summed E-state index contributed by atoms with van der Waals surface area (Å²) in [4.78, 5) is 17.1. The topological polar surface area (TPSA) is 67.2 Å². The molecular weight excluding hydrogens is 334 g/mol. The second-order valence-corrected chi connectivity index (χ2v) is 7.96. The predicted octanol–water partition coefficient (Wildman–Crippen LogP) is 3.57. The van der Waals surface area contributed by atoms with E-state index in [4.69, 9.17) is 4.42 Å². The molecule has 2 unspecified atom stereocenters. The average molecular weight is 353 g/mol. The Balaban J connectivity index is 1.32. The predicted molar refractivity (Wildman–Crippen MR) is 97.8 cm³/mol. The van der Waals surface area contributed by atoms with Gasteiger partial charge in [0.05, 0.1) is 10.2 Å². The van der Waals surface area contributed by atoms with E-state index < -0.39 is 0 Å². The first-order valence-corrected chi connectivity index (χ1v) is 9.59. The van der Waals surface area contributed by atoms with Gasteiger partial charge in [-0.25, -0.2) is 4.98 Å². The van der Waals surface area contributed by atoms with Crippen molar-refractivity contribution >= 4 is 27.5 Å². The highest BCUT2D eigenvalue weighted by Crippen LogP contribution is 2.31. The Labute approximate surface area is 149 Å². The highest BCUT2D eigenvalue weighted by molar-refractivity contribution is 7.21. The SMILES string of the molecule is O=C(NC1CC2CCC(C1)N2)c1ccc(-c2nc3ccccc3s2)o1. The maximum atomic E-state index is 12.5. The van der Waals surface area contributed by atoms with Gasteiger partial charge < -0.3 is 15.1 Å². The molecule has 2 fully saturated rings. The molecule has 1 aromatic carbocycles. The van der Waals surface area contributed by atoms with Gasteiger partial charge in [-0.2, -0.15) is 0 Å². The van der Waals surface area contributed by atoms with Crippen LogP contribution in [0.3, 0.4) is 0 Å². The number of carbonyl (C=O) groups excluding carboxylic acids is 1. The van der Waals surface area contributed by atoms with Crippen LogP contribution in [0, 0.1) is 0 Å². The number of hydrogen-bond acceptors (Lipinski definition) is 5. The molecule has 2 saturated heterocycles. The smallest absolute Gasteiger partial charge is 0.287 e. The number of furan rings is 1. The minimum Gasteiger partial charge on any atom is -0.448 e. The summed E-state index contributed by atoms with van der Waals surface area (Å²) in [6.45, 7) is 0. The molecule has 2 bridgehead atoms. The van der Waals surface area contributed by atoms with E-state index in [2.05, 4.69) is 15.6 Å². The lowest BCUT2D eigenvalue weighted by Crippen LogP contribution is -2.47. The van der Waals surface area contributed by atoms with Crippen LogP contribution in [-0.2, 0) is 0 Å². The maximum Gasteiger partial charge on any atom is 0.287 e. The summed E-state index contributed by atoms with van der Waals surface area (Å²) in [6.07, 6.45) is 4.46. The van der Waals surface area contributed by atoms with Crippen LogP contribution in [0.25, 0.3) is 21.0 Å². The Morgan fingerprint density at radius 2 is 1.96 bits per heavy atom. The van der Waals surface area contributed by atoms with Gasteiger partial charge >= 0.3 is 0 Å².